The van der Waals surface area contributed by atoms with Crippen molar-refractivity contribution in [2.45, 2.75) is 6.18 Å². The lowest BCUT2D eigenvalue weighted by atomic mass is 9.91. The summed E-state index contributed by atoms with van der Waals surface area (Å²) in [7, 11) is 0. The summed E-state index contributed by atoms with van der Waals surface area (Å²) in [6.07, 6.45) is -4.79. The van der Waals surface area contributed by atoms with Gasteiger partial charge in [-0.25, -0.2) is 0 Å². The highest BCUT2D eigenvalue weighted by Gasteiger charge is 2.37. The number of halogens is 3. The summed E-state index contributed by atoms with van der Waals surface area (Å²) < 4.78 is 37.4. The van der Waals surface area contributed by atoms with Crippen molar-refractivity contribution in [3.05, 3.63) is 66.2 Å². The second kappa shape index (κ2) is 5.21. The van der Waals surface area contributed by atoms with Crippen LogP contribution < -0.4 is 0 Å². The Morgan fingerprint density at radius 3 is 2.04 bits per heavy atom. The number of ketones is 1. The number of rotatable bonds is 2. The highest BCUT2D eigenvalue weighted by Crippen LogP contribution is 2.37. The van der Waals surface area contributed by atoms with Crippen LogP contribution in [0, 0.1) is 0 Å². The Morgan fingerprint density at radius 2 is 1.40 bits per heavy atom. The molecule has 4 rings (SSSR count). The van der Waals surface area contributed by atoms with E-state index in [4.69, 9.17) is 0 Å². The molecule has 2 nitrogen and oxygen atoms in total. The number of hydrogen-bond acceptors (Lipinski definition) is 2. The molecule has 0 saturated heterocycles. The molecule has 5 heteroatoms. The van der Waals surface area contributed by atoms with Crippen molar-refractivity contribution in [2.24, 2.45) is 0 Å². The van der Waals surface area contributed by atoms with Crippen LogP contribution in [0.5, 0.6) is 0 Å². The minimum Gasteiger partial charge on any atom is -0.507 e. The summed E-state index contributed by atoms with van der Waals surface area (Å²) in [5.74, 6) is -2.78. The molecular weight excluding hydrogens is 329 g/mol. The minimum atomic E-state index is -5.02. The van der Waals surface area contributed by atoms with Crippen LogP contribution in [0.15, 0.2) is 60.7 Å². The molecular formula is C20H11F3O2. The molecule has 0 aliphatic heterocycles. The second-order valence-electron chi connectivity index (χ2n) is 5.86. The number of allylic oxidation sites excluding steroid dienone is 1. The van der Waals surface area contributed by atoms with Crippen molar-refractivity contribution in [2.75, 3.05) is 0 Å². The van der Waals surface area contributed by atoms with Gasteiger partial charge in [-0.2, -0.15) is 13.2 Å². The molecule has 0 atom stereocenters. The number of aliphatic hydroxyl groups excluding tert-OH is 1. The molecule has 0 aliphatic rings. The molecule has 0 amide bonds. The van der Waals surface area contributed by atoms with Crippen LogP contribution >= 0.6 is 0 Å². The number of hydrogen-bond donors (Lipinski definition) is 1. The lowest BCUT2D eigenvalue weighted by Gasteiger charge is -2.13. The third-order valence-electron chi connectivity index (χ3n) is 4.35. The van der Waals surface area contributed by atoms with Crippen molar-refractivity contribution in [1.82, 2.24) is 0 Å². The molecule has 0 aliphatic carbocycles. The SMILES string of the molecule is O=C(/C=C(\O)c1ccc2ccc3cccc4ccc1c2c34)C(F)(F)F. The van der Waals surface area contributed by atoms with Crippen LogP contribution in [0.3, 0.4) is 0 Å². The zero-order valence-electron chi connectivity index (χ0n) is 12.8. The van der Waals surface area contributed by atoms with E-state index in [1.54, 1.807) is 12.1 Å². The Bertz CT molecular complexity index is 1140. The quantitative estimate of drug-likeness (QED) is 0.292. The predicted molar refractivity (Wildman–Crippen MR) is 91.8 cm³/mol. The topological polar surface area (TPSA) is 37.3 Å². The van der Waals surface area contributed by atoms with Crippen molar-refractivity contribution in [3.8, 4) is 0 Å². The Morgan fingerprint density at radius 1 is 0.840 bits per heavy atom. The molecule has 0 unspecified atom stereocenters. The van der Waals surface area contributed by atoms with E-state index in [2.05, 4.69) is 0 Å². The second-order valence-corrected chi connectivity index (χ2v) is 5.86. The fraction of sp³-hybridized carbons (Fsp3) is 0.0500. The van der Waals surface area contributed by atoms with Gasteiger partial charge in [-0.05, 0) is 32.3 Å². The molecule has 0 heterocycles. The van der Waals surface area contributed by atoms with Gasteiger partial charge in [-0.15, -0.1) is 0 Å². The third kappa shape index (κ3) is 2.39. The lowest BCUT2D eigenvalue weighted by Crippen LogP contribution is -2.20. The fourth-order valence-corrected chi connectivity index (χ4v) is 3.24. The van der Waals surface area contributed by atoms with Crippen LogP contribution in [-0.4, -0.2) is 17.1 Å². The molecule has 0 radical (unpaired) electrons. The maximum Gasteiger partial charge on any atom is 0.454 e. The highest BCUT2D eigenvalue weighted by molar-refractivity contribution is 6.24. The van der Waals surface area contributed by atoms with Gasteiger partial charge in [0.25, 0.3) is 5.78 Å². The van der Waals surface area contributed by atoms with Gasteiger partial charge in [0.05, 0.1) is 0 Å². The van der Waals surface area contributed by atoms with Gasteiger partial charge in [0.2, 0.25) is 0 Å². The Labute approximate surface area is 140 Å². The molecule has 0 saturated carbocycles. The maximum atomic E-state index is 12.5. The Hall–Kier alpha value is -3.08. The van der Waals surface area contributed by atoms with Crippen molar-refractivity contribution in [1.29, 1.82) is 0 Å². The molecule has 0 spiro atoms. The first kappa shape index (κ1) is 15.4. The van der Waals surface area contributed by atoms with Gasteiger partial charge in [0.1, 0.15) is 5.76 Å². The summed E-state index contributed by atoms with van der Waals surface area (Å²) in [6.45, 7) is 0. The molecule has 0 aromatic heterocycles. The molecule has 25 heavy (non-hydrogen) atoms. The largest absolute Gasteiger partial charge is 0.507 e. The summed E-state index contributed by atoms with van der Waals surface area (Å²) in [6, 6.07) is 16.6. The normalized spacial score (nSPS) is 13.2. The number of aliphatic hydroxyl groups is 1. The van der Waals surface area contributed by atoms with Crippen molar-refractivity contribution >= 4 is 43.9 Å². The van der Waals surface area contributed by atoms with Gasteiger partial charge in [0.15, 0.2) is 0 Å². The van der Waals surface area contributed by atoms with Gasteiger partial charge >= 0.3 is 6.18 Å². The monoisotopic (exact) mass is 340 g/mol. The van der Waals surface area contributed by atoms with Crippen LogP contribution in [0.1, 0.15) is 5.56 Å². The summed E-state index contributed by atoms with van der Waals surface area (Å²) in [4.78, 5) is 11.2. The first-order valence-electron chi connectivity index (χ1n) is 7.55. The summed E-state index contributed by atoms with van der Waals surface area (Å²) in [5.41, 5.74) is 0.198. The van der Waals surface area contributed by atoms with Crippen LogP contribution in [0.2, 0.25) is 0 Å². The van der Waals surface area contributed by atoms with E-state index in [0.717, 1.165) is 26.9 Å². The van der Waals surface area contributed by atoms with Crippen LogP contribution in [0.25, 0.3) is 38.1 Å². The van der Waals surface area contributed by atoms with Gasteiger partial charge in [0, 0.05) is 11.6 Å². The zero-order valence-corrected chi connectivity index (χ0v) is 12.8. The lowest BCUT2D eigenvalue weighted by molar-refractivity contribution is -0.165. The number of benzene rings is 4. The van der Waals surface area contributed by atoms with Gasteiger partial charge < -0.3 is 5.11 Å². The zero-order chi connectivity index (χ0) is 17.8. The van der Waals surface area contributed by atoms with Gasteiger partial charge in [-0.1, -0.05) is 54.6 Å². The van der Waals surface area contributed by atoms with Gasteiger partial charge in [-0.3, -0.25) is 4.79 Å². The molecule has 4 aromatic rings. The summed E-state index contributed by atoms with van der Waals surface area (Å²) in [5, 5.41) is 15.5. The molecule has 0 fully saturated rings. The maximum absolute atomic E-state index is 12.5. The number of carbonyl (C=O) groups is 1. The predicted octanol–water partition coefficient (Wildman–Crippen LogP) is 5.61. The van der Waals surface area contributed by atoms with Crippen molar-refractivity contribution in [3.63, 3.8) is 0 Å². The fourth-order valence-electron chi connectivity index (χ4n) is 3.24. The molecule has 0 bridgehead atoms. The van der Waals surface area contributed by atoms with Crippen LogP contribution in [-0.2, 0) is 4.79 Å². The summed E-state index contributed by atoms with van der Waals surface area (Å²) >= 11 is 0. The van der Waals surface area contributed by atoms with E-state index in [-0.39, 0.29) is 11.6 Å². The van der Waals surface area contributed by atoms with Crippen LogP contribution in [0.4, 0.5) is 13.2 Å². The number of carbonyl (C=O) groups excluding carboxylic acids is 1. The van der Waals surface area contributed by atoms with E-state index < -0.39 is 17.7 Å². The molecule has 124 valence electrons. The Kier molecular flexibility index (Phi) is 3.22. The average Bonchev–Trinajstić information content (AvgIpc) is 2.58. The van der Waals surface area contributed by atoms with E-state index in [1.807, 2.05) is 36.4 Å². The third-order valence-corrected chi connectivity index (χ3v) is 4.35. The molecule has 1 N–H and O–H groups in total. The first-order chi connectivity index (χ1) is 11.9. The standard InChI is InChI=1S/C20H11F3O2/c21-20(22,23)17(25)10-16(24)14-8-6-13-5-4-11-2-1-3-12-7-9-15(14)19(13)18(11)12/h1-10,24H/b16-10-. The van der Waals surface area contributed by atoms with E-state index in [1.165, 1.54) is 6.07 Å². The van der Waals surface area contributed by atoms with E-state index in [9.17, 15) is 23.1 Å². The van der Waals surface area contributed by atoms with E-state index >= 15 is 0 Å². The number of alkyl halides is 3. The highest BCUT2D eigenvalue weighted by atomic mass is 19.4. The van der Waals surface area contributed by atoms with E-state index in [0.29, 0.717) is 5.39 Å². The van der Waals surface area contributed by atoms with Crippen molar-refractivity contribution < 1.29 is 23.1 Å². The average molecular weight is 340 g/mol. The smallest absolute Gasteiger partial charge is 0.454 e. The Balaban J connectivity index is 2.03. The first-order valence-corrected chi connectivity index (χ1v) is 7.55. The molecule has 4 aromatic carbocycles. The minimum absolute atomic E-state index is 0.198.